The van der Waals surface area contributed by atoms with Crippen molar-refractivity contribution >= 4 is 50.7 Å². The van der Waals surface area contributed by atoms with Gasteiger partial charge < -0.3 is 15.6 Å². The number of carbonyl (C=O) groups is 2. The highest BCUT2D eigenvalue weighted by molar-refractivity contribution is 6.50. The molecule has 2 aliphatic rings. The summed E-state index contributed by atoms with van der Waals surface area (Å²) in [5.74, 6) is -0.292. The van der Waals surface area contributed by atoms with E-state index < -0.39 is 11.8 Å². The van der Waals surface area contributed by atoms with Crippen LogP contribution in [0.15, 0.2) is 54.7 Å². The smallest absolute Gasteiger partial charge is 0.261 e. The molecule has 0 bridgehead atoms. The third-order valence-electron chi connectivity index (χ3n) is 6.95. The molecule has 0 unspecified atom stereocenters. The van der Waals surface area contributed by atoms with E-state index in [1.807, 2.05) is 48.5 Å². The second-order valence-corrected chi connectivity index (χ2v) is 9.14. The lowest BCUT2D eigenvalue weighted by molar-refractivity contribution is -0.122. The summed E-state index contributed by atoms with van der Waals surface area (Å²) < 4.78 is 0. The molecule has 1 saturated heterocycles. The van der Waals surface area contributed by atoms with E-state index in [2.05, 4.69) is 20.1 Å². The quantitative estimate of drug-likeness (QED) is 0.361. The van der Waals surface area contributed by atoms with Gasteiger partial charge in [-0.3, -0.25) is 19.8 Å². The Morgan fingerprint density at radius 2 is 1.58 bits per heavy atom. The van der Waals surface area contributed by atoms with Crippen molar-refractivity contribution in [2.75, 3.05) is 44.2 Å². The first-order valence-electron chi connectivity index (χ1n) is 12.2. The number of amides is 2. The minimum Gasteiger partial charge on any atom is -0.361 e. The van der Waals surface area contributed by atoms with E-state index in [0.29, 0.717) is 29.3 Å². The largest absolute Gasteiger partial charge is 0.361 e. The highest BCUT2D eigenvalue weighted by Gasteiger charge is 2.36. The third-order valence-corrected chi connectivity index (χ3v) is 6.95. The Morgan fingerprint density at radius 1 is 0.861 bits per heavy atom. The van der Waals surface area contributed by atoms with Crippen molar-refractivity contribution in [3.63, 3.8) is 0 Å². The molecule has 1 fully saturated rings. The topological polar surface area (TPSA) is 120 Å². The Balaban J connectivity index is 1.48. The Bertz CT molecular complexity index is 1520. The Hall–Kier alpha value is -4.08. The summed E-state index contributed by atoms with van der Waals surface area (Å²) in [6.45, 7) is 5.02. The molecule has 4 N–H and O–H groups in total. The van der Waals surface area contributed by atoms with Crippen LogP contribution in [0.5, 0.6) is 0 Å². The van der Waals surface area contributed by atoms with Gasteiger partial charge in [-0.25, -0.2) is 9.97 Å². The van der Waals surface area contributed by atoms with Crippen LogP contribution < -0.4 is 16.0 Å². The first-order valence-corrected chi connectivity index (χ1v) is 12.2. The molecule has 2 amide bonds. The average molecular weight is 482 g/mol. The van der Waals surface area contributed by atoms with Crippen LogP contribution in [0.3, 0.4) is 0 Å². The second kappa shape index (κ2) is 9.18. The van der Waals surface area contributed by atoms with Gasteiger partial charge >= 0.3 is 0 Å². The van der Waals surface area contributed by atoms with Gasteiger partial charge in [0.1, 0.15) is 0 Å². The van der Waals surface area contributed by atoms with E-state index in [9.17, 15) is 9.59 Å². The van der Waals surface area contributed by atoms with Crippen LogP contribution in [0.4, 0.5) is 5.95 Å². The molecule has 0 aliphatic carbocycles. The SMILES string of the molecule is NCCCN1CCN(c2nc(C3=C(c4c[nH]c5ccccc45)C(=O)NC3=O)c3ccccc3n2)CC1. The first kappa shape index (κ1) is 22.4. The number of nitrogens with two attached hydrogens (primary N) is 1. The van der Waals surface area contributed by atoms with Crippen LogP contribution in [-0.2, 0) is 9.59 Å². The van der Waals surface area contributed by atoms with Gasteiger partial charge in [-0.1, -0.05) is 36.4 Å². The summed E-state index contributed by atoms with van der Waals surface area (Å²) >= 11 is 0. The summed E-state index contributed by atoms with van der Waals surface area (Å²) in [7, 11) is 0. The van der Waals surface area contributed by atoms with Crippen molar-refractivity contribution in [2.45, 2.75) is 6.42 Å². The number of fused-ring (bicyclic) bond motifs is 2. The molecule has 0 atom stereocenters. The number of nitrogens with one attached hydrogen (secondary N) is 2. The lowest BCUT2D eigenvalue weighted by atomic mass is 9.97. The van der Waals surface area contributed by atoms with E-state index in [0.717, 1.165) is 61.0 Å². The van der Waals surface area contributed by atoms with Crippen LogP contribution in [0.1, 0.15) is 17.7 Å². The number of nitrogens with zero attached hydrogens (tertiary/aromatic N) is 4. The van der Waals surface area contributed by atoms with Crippen LogP contribution >= 0.6 is 0 Å². The van der Waals surface area contributed by atoms with Crippen molar-refractivity contribution in [2.24, 2.45) is 5.73 Å². The average Bonchev–Trinajstić information content (AvgIpc) is 3.46. The van der Waals surface area contributed by atoms with Crippen molar-refractivity contribution in [3.05, 3.63) is 66.0 Å². The predicted molar refractivity (Wildman–Crippen MR) is 140 cm³/mol. The molecule has 9 heteroatoms. The predicted octanol–water partition coefficient (Wildman–Crippen LogP) is 2.15. The molecule has 9 nitrogen and oxygen atoms in total. The van der Waals surface area contributed by atoms with Crippen molar-refractivity contribution < 1.29 is 9.59 Å². The number of piperazine rings is 1. The maximum Gasteiger partial charge on any atom is 0.261 e. The molecule has 4 aromatic rings. The molecule has 182 valence electrons. The fourth-order valence-corrected chi connectivity index (χ4v) is 5.10. The molecular formula is C27H27N7O2. The van der Waals surface area contributed by atoms with E-state index in [-0.39, 0.29) is 5.57 Å². The van der Waals surface area contributed by atoms with E-state index >= 15 is 0 Å². The summed E-state index contributed by atoms with van der Waals surface area (Å²) in [5, 5.41) is 4.11. The number of para-hydroxylation sites is 2. The molecule has 2 aromatic heterocycles. The summed E-state index contributed by atoms with van der Waals surface area (Å²) in [5.41, 5.74) is 9.08. The zero-order valence-electron chi connectivity index (χ0n) is 19.8. The minimum atomic E-state index is -0.443. The maximum atomic E-state index is 13.2. The number of hydrogen-bond donors (Lipinski definition) is 3. The van der Waals surface area contributed by atoms with Gasteiger partial charge in [0.25, 0.3) is 11.8 Å². The van der Waals surface area contributed by atoms with Gasteiger partial charge in [-0.2, -0.15) is 0 Å². The molecule has 2 aliphatic heterocycles. The molecular weight excluding hydrogens is 454 g/mol. The molecule has 0 radical (unpaired) electrons. The van der Waals surface area contributed by atoms with Crippen LogP contribution in [0.2, 0.25) is 0 Å². The Morgan fingerprint density at radius 3 is 2.39 bits per heavy atom. The standard InChI is InChI=1S/C27H27N7O2/c28-10-5-11-33-12-14-34(15-13-33)27-30-21-9-4-2-7-18(21)24(31-27)23-22(25(35)32-26(23)36)19-16-29-20-8-3-1-6-17(19)20/h1-4,6-9,16,29H,5,10-15,28H2,(H,32,35,36). The molecule has 0 saturated carbocycles. The monoisotopic (exact) mass is 481 g/mol. The highest BCUT2D eigenvalue weighted by atomic mass is 16.2. The number of anilines is 1. The number of aromatic amines is 1. The first-order chi connectivity index (χ1) is 17.6. The van der Waals surface area contributed by atoms with Crippen LogP contribution in [-0.4, -0.2) is 70.9 Å². The second-order valence-electron chi connectivity index (χ2n) is 9.14. The number of benzene rings is 2. The number of hydrogen-bond acceptors (Lipinski definition) is 7. The third kappa shape index (κ3) is 3.82. The van der Waals surface area contributed by atoms with Gasteiger partial charge in [-0.05, 0) is 31.6 Å². The van der Waals surface area contributed by atoms with Crippen molar-refractivity contribution in [3.8, 4) is 0 Å². The Labute approximate surface area is 208 Å². The molecule has 4 heterocycles. The van der Waals surface area contributed by atoms with Gasteiger partial charge in [0.05, 0.1) is 22.4 Å². The minimum absolute atomic E-state index is 0.284. The van der Waals surface area contributed by atoms with Crippen LogP contribution in [0.25, 0.3) is 33.0 Å². The van der Waals surface area contributed by atoms with Crippen LogP contribution in [0, 0.1) is 0 Å². The Kier molecular flexibility index (Phi) is 5.71. The van der Waals surface area contributed by atoms with Crippen molar-refractivity contribution in [1.29, 1.82) is 0 Å². The fraction of sp³-hybridized carbons (Fsp3) is 0.259. The van der Waals surface area contributed by atoms with Crippen molar-refractivity contribution in [1.82, 2.24) is 25.2 Å². The van der Waals surface area contributed by atoms with Gasteiger partial charge in [0.15, 0.2) is 0 Å². The fourth-order valence-electron chi connectivity index (χ4n) is 5.10. The zero-order chi connectivity index (χ0) is 24.6. The number of carbonyl (C=O) groups excluding carboxylic acids is 2. The maximum absolute atomic E-state index is 13.2. The molecule has 6 rings (SSSR count). The lowest BCUT2D eigenvalue weighted by Crippen LogP contribution is -2.47. The van der Waals surface area contributed by atoms with Gasteiger partial charge in [0, 0.05) is 54.2 Å². The lowest BCUT2D eigenvalue weighted by Gasteiger charge is -2.34. The number of aromatic nitrogens is 3. The molecule has 0 spiro atoms. The van der Waals surface area contributed by atoms with Gasteiger partial charge in [0.2, 0.25) is 5.95 Å². The summed E-state index contributed by atoms with van der Waals surface area (Å²) in [6, 6.07) is 15.4. The molecule has 36 heavy (non-hydrogen) atoms. The van der Waals surface area contributed by atoms with E-state index in [1.165, 1.54) is 0 Å². The van der Waals surface area contributed by atoms with E-state index in [1.54, 1.807) is 6.20 Å². The normalized spacial score (nSPS) is 17.0. The summed E-state index contributed by atoms with van der Waals surface area (Å²) in [6.07, 6.45) is 2.76. The van der Waals surface area contributed by atoms with E-state index in [4.69, 9.17) is 15.7 Å². The van der Waals surface area contributed by atoms with Gasteiger partial charge in [-0.15, -0.1) is 0 Å². The molecule has 2 aromatic carbocycles. The number of imide groups is 1. The number of rotatable bonds is 6. The summed E-state index contributed by atoms with van der Waals surface area (Å²) in [4.78, 5) is 43.8. The number of H-pyrrole nitrogens is 1. The highest BCUT2D eigenvalue weighted by Crippen LogP contribution is 2.37. The zero-order valence-corrected chi connectivity index (χ0v) is 19.8.